The van der Waals surface area contributed by atoms with Gasteiger partial charge in [-0.3, -0.25) is 19.7 Å². The molecule has 1 aromatic carbocycles. The molecule has 0 atom stereocenters. The Bertz CT molecular complexity index is 786. The highest BCUT2D eigenvalue weighted by atomic mass is 127. The number of benzene rings is 1. The summed E-state index contributed by atoms with van der Waals surface area (Å²) in [5.41, 5.74) is 2.40. The molecule has 0 unspecified atom stereocenters. The summed E-state index contributed by atoms with van der Waals surface area (Å²) >= 11 is 0. The minimum absolute atomic E-state index is 0. The van der Waals surface area contributed by atoms with Gasteiger partial charge in [-0.15, -0.1) is 24.0 Å². The van der Waals surface area contributed by atoms with Crippen LogP contribution in [0.5, 0.6) is 0 Å². The molecule has 1 N–H and O–H groups in total. The fourth-order valence-corrected chi connectivity index (χ4v) is 4.34. The predicted molar refractivity (Wildman–Crippen MR) is 138 cm³/mol. The lowest BCUT2D eigenvalue weighted by Crippen LogP contribution is -2.53. The number of rotatable bonds is 7. The number of nitrogens with zero attached hydrogens (tertiary/aromatic N) is 6. The van der Waals surface area contributed by atoms with Gasteiger partial charge in [0.1, 0.15) is 6.26 Å². The van der Waals surface area contributed by atoms with E-state index in [0.717, 1.165) is 90.2 Å². The fraction of sp³-hybridized carbons (Fsp3) is 0.565. The Balaban J connectivity index is 0.00000289. The molecule has 8 nitrogen and oxygen atoms in total. The lowest BCUT2D eigenvalue weighted by Gasteiger charge is -2.37. The van der Waals surface area contributed by atoms with Gasteiger partial charge in [-0.2, -0.15) is 0 Å². The van der Waals surface area contributed by atoms with Crippen molar-refractivity contribution in [3.8, 4) is 0 Å². The predicted octanol–water partition coefficient (Wildman–Crippen LogP) is 1.80. The molecule has 2 aliphatic heterocycles. The van der Waals surface area contributed by atoms with E-state index >= 15 is 0 Å². The Hall–Kier alpha value is -1.69. The van der Waals surface area contributed by atoms with Gasteiger partial charge >= 0.3 is 0 Å². The SMILES string of the molecule is CN=C(NCCN1CCN(Cc2ccccc2)CC1)N1CCN(Cc2ccon2)CC1.I. The minimum atomic E-state index is 0. The number of halogens is 1. The van der Waals surface area contributed by atoms with E-state index in [1.54, 1.807) is 6.26 Å². The first-order valence-electron chi connectivity index (χ1n) is 11.4. The topological polar surface area (TPSA) is 63.4 Å². The van der Waals surface area contributed by atoms with Crippen LogP contribution in [0.4, 0.5) is 0 Å². The van der Waals surface area contributed by atoms with E-state index in [-0.39, 0.29) is 24.0 Å². The van der Waals surface area contributed by atoms with Crippen LogP contribution in [0.2, 0.25) is 0 Å². The second-order valence-corrected chi connectivity index (χ2v) is 8.33. The van der Waals surface area contributed by atoms with Crippen molar-refractivity contribution in [3.05, 3.63) is 53.9 Å². The van der Waals surface area contributed by atoms with Gasteiger partial charge < -0.3 is 14.7 Å². The smallest absolute Gasteiger partial charge is 0.193 e. The maximum atomic E-state index is 4.94. The van der Waals surface area contributed by atoms with E-state index in [2.05, 4.69) is 65.4 Å². The third-order valence-corrected chi connectivity index (χ3v) is 6.19. The highest BCUT2D eigenvalue weighted by molar-refractivity contribution is 14.0. The number of guanidine groups is 1. The fourth-order valence-electron chi connectivity index (χ4n) is 4.34. The van der Waals surface area contributed by atoms with Crippen LogP contribution >= 0.6 is 24.0 Å². The van der Waals surface area contributed by atoms with Gasteiger partial charge in [0.25, 0.3) is 0 Å². The van der Waals surface area contributed by atoms with Crippen molar-refractivity contribution >= 4 is 29.9 Å². The van der Waals surface area contributed by atoms with Crippen LogP contribution in [0.25, 0.3) is 0 Å². The molecule has 176 valence electrons. The summed E-state index contributed by atoms with van der Waals surface area (Å²) in [6.45, 7) is 12.4. The van der Waals surface area contributed by atoms with Crippen LogP contribution in [-0.4, -0.2) is 103 Å². The van der Waals surface area contributed by atoms with Crippen molar-refractivity contribution in [2.45, 2.75) is 13.1 Å². The van der Waals surface area contributed by atoms with Gasteiger partial charge in [0, 0.05) is 91.7 Å². The molecular formula is C23H36IN7O. The molecule has 9 heteroatoms. The summed E-state index contributed by atoms with van der Waals surface area (Å²) in [5, 5.41) is 7.59. The number of nitrogens with one attached hydrogen (secondary N) is 1. The van der Waals surface area contributed by atoms with E-state index in [9.17, 15) is 0 Å². The summed E-state index contributed by atoms with van der Waals surface area (Å²) in [6, 6.07) is 12.7. The molecule has 0 aliphatic carbocycles. The molecule has 32 heavy (non-hydrogen) atoms. The van der Waals surface area contributed by atoms with Crippen LogP contribution in [0, 0.1) is 0 Å². The monoisotopic (exact) mass is 553 g/mol. The van der Waals surface area contributed by atoms with E-state index in [0.29, 0.717) is 0 Å². The van der Waals surface area contributed by atoms with Gasteiger partial charge in [0.15, 0.2) is 5.96 Å². The summed E-state index contributed by atoms with van der Waals surface area (Å²) in [7, 11) is 1.88. The van der Waals surface area contributed by atoms with Crippen LogP contribution in [0.15, 0.2) is 52.2 Å². The molecule has 3 heterocycles. The summed E-state index contributed by atoms with van der Waals surface area (Å²) < 4.78 is 4.94. The third kappa shape index (κ3) is 7.43. The molecule has 1 aromatic heterocycles. The van der Waals surface area contributed by atoms with Crippen molar-refractivity contribution in [1.82, 2.24) is 30.1 Å². The molecule has 4 rings (SSSR count). The standard InChI is InChI=1S/C23H35N7O.HI/c1-24-23(30-16-14-29(15-17-30)20-22-7-18-31-26-22)25-8-9-27-10-12-28(13-11-27)19-21-5-3-2-4-6-21;/h2-7,18H,8-17,19-20H2,1H3,(H,24,25);1H. The zero-order valence-corrected chi connectivity index (χ0v) is 21.4. The number of hydrogen-bond donors (Lipinski definition) is 1. The lowest BCUT2D eigenvalue weighted by atomic mass is 10.2. The Kier molecular flexibility index (Phi) is 10.2. The largest absolute Gasteiger partial charge is 0.364 e. The van der Waals surface area contributed by atoms with Crippen LogP contribution in [0.3, 0.4) is 0 Å². The molecule has 0 amide bonds. The Morgan fingerprint density at radius 3 is 2.22 bits per heavy atom. The third-order valence-electron chi connectivity index (χ3n) is 6.19. The molecule has 2 fully saturated rings. The quantitative estimate of drug-likeness (QED) is 0.319. The van der Waals surface area contributed by atoms with Crippen LogP contribution in [0.1, 0.15) is 11.3 Å². The molecule has 0 bridgehead atoms. The van der Waals surface area contributed by atoms with E-state index in [1.807, 2.05) is 13.1 Å². The average Bonchev–Trinajstić information content (AvgIpc) is 3.32. The zero-order chi connectivity index (χ0) is 21.3. The Morgan fingerprint density at radius 2 is 1.56 bits per heavy atom. The van der Waals surface area contributed by atoms with Gasteiger partial charge in [-0.1, -0.05) is 35.5 Å². The average molecular weight is 553 g/mol. The van der Waals surface area contributed by atoms with Gasteiger partial charge in [-0.05, 0) is 5.56 Å². The first-order chi connectivity index (χ1) is 15.3. The second kappa shape index (κ2) is 13.1. The van der Waals surface area contributed by atoms with E-state index < -0.39 is 0 Å². The van der Waals surface area contributed by atoms with Crippen molar-refractivity contribution in [2.75, 3.05) is 72.5 Å². The molecule has 0 radical (unpaired) electrons. The molecule has 0 spiro atoms. The summed E-state index contributed by atoms with van der Waals surface area (Å²) in [6.07, 6.45) is 1.64. The summed E-state index contributed by atoms with van der Waals surface area (Å²) in [4.78, 5) is 14.4. The van der Waals surface area contributed by atoms with E-state index in [4.69, 9.17) is 4.52 Å². The molecule has 2 saturated heterocycles. The molecule has 0 saturated carbocycles. The zero-order valence-electron chi connectivity index (χ0n) is 19.0. The Labute approximate surface area is 208 Å². The highest BCUT2D eigenvalue weighted by Gasteiger charge is 2.21. The summed E-state index contributed by atoms with van der Waals surface area (Å²) in [5.74, 6) is 1.02. The maximum absolute atomic E-state index is 4.94. The van der Waals surface area contributed by atoms with Crippen LogP contribution < -0.4 is 5.32 Å². The van der Waals surface area contributed by atoms with Crippen molar-refractivity contribution in [3.63, 3.8) is 0 Å². The number of hydrogen-bond acceptors (Lipinski definition) is 6. The molecule has 2 aromatic rings. The maximum Gasteiger partial charge on any atom is 0.193 e. The molecule has 2 aliphatic rings. The number of piperazine rings is 2. The number of aromatic nitrogens is 1. The van der Waals surface area contributed by atoms with Crippen LogP contribution in [-0.2, 0) is 13.1 Å². The van der Waals surface area contributed by atoms with Gasteiger partial charge in [0.05, 0.1) is 5.69 Å². The van der Waals surface area contributed by atoms with Crippen molar-refractivity contribution in [1.29, 1.82) is 0 Å². The van der Waals surface area contributed by atoms with Gasteiger partial charge in [0.2, 0.25) is 0 Å². The van der Waals surface area contributed by atoms with E-state index in [1.165, 1.54) is 5.56 Å². The van der Waals surface area contributed by atoms with Gasteiger partial charge in [-0.25, -0.2) is 0 Å². The molecular weight excluding hydrogens is 517 g/mol. The first kappa shape index (κ1) is 24.9. The highest BCUT2D eigenvalue weighted by Crippen LogP contribution is 2.09. The Morgan fingerprint density at radius 1 is 0.906 bits per heavy atom. The van der Waals surface area contributed by atoms with Crippen molar-refractivity contribution < 1.29 is 4.52 Å². The number of aliphatic imine (C=N–C) groups is 1. The normalized spacial score (nSPS) is 19.0. The second-order valence-electron chi connectivity index (χ2n) is 8.33. The minimum Gasteiger partial charge on any atom is -0.364 e. The lowest BCUT2D eigenvalue weighted by molar-refractivity contribution is 0.128. The van der Waals surface area contributed by atoms with Crippen molar-refractivity contribution in [2.24, 2.45) is 4.99 Å². The first-order valence-corrected chi connectivity index (χ1v) is 11.4.